The van der Waals surface area contributed by atoms with E-state index in [1.165, 1.54) is 37.9 Å². The van der Waals surface area contributed by atoms with E-state index in [1.807, 2.05) is 4.68 Å². The van der Waals surface area contributed by atoms with Gasteiger partial charge in [-0.2, -0.15) is 5.10 Å². The van der Waals surface area contributed by atoms with Crippen LogP contribution in [0.5, 0.6) is 0 Å². The lowest BCUT2D eigenvalue weighted by Gasteiger charge is -2.14. The molecule has 1 aromatic heterocycles. The first-order valence-electron chi connectivity index (χ1n) is 6.53. The fraction of sp³-hybridized carbons (Fsp3) is 0.769. The van der Waals surface area contributed by atoms with Gasteiger partial charge >= 0.3 is 0 Å². The largest absolute Gasteiger partial charge is 0.314 e. The van der Waals surface area contributed by atoms with Crippen LogP contribution in [-0.2, 0) is 6.42 Å². The first-order valence-corrected chi connectivity index (χ1v) is 6.53. The van der Waals surface area contributed by atoms with Crippen molar-refractivity contribution in [3.05, 3.63) is 18.0 Å². The highest BCUT2D eigenvalue weighted by molar-refractivity contribution is 5.02. The first-order chi connectivity index (χ1) is 7.75. The Morgan fingerprint density at radius 3 is 3.06 bits per heavy atom. The molecule has 0 aliphatic carbocycles. The van der Waals surface area contributed by atoms with Gasteiger partial charge in [-0.05, 0) is 39.3 Å². The fourth-order valence-electron chi connectivity index (χ4n) is 2.30. The Kier molecular flexibility index (Phi) is 3.99. The van der Waals surface area contributed by atoms with E-state index in [1.54, 1.807) is 0 Å². The van der Waals surface area contributed by atoms with Gasteiger partial charge in [0.15, 0.2) is 0 Å². The summed E-state index contributed by atoms with van der Waals surface area (Å²) in [7, 11) is 0. The lowest BCUT2D eigenvalue weighted by molar-refractivity contribution is 0.486. The summed E-state index contributed by atoms with van der Waals surface area (Å²) in [5, 5.41) is 8.23. The number of nitrogens with one attached hydrogen (secondary N) is 1. The molecular weight excluding hydrogens is 198 g/mol. The quantitative estimate of drug-likeness (QED) is 0.850. The first kappa shape index (κ1) is 11.6. The minimum atomic E-state index is 0.468. The molecule has 1 aliphatic rings. The summed E-state index contributed by atoms with van der Waals surface area (Å²) in [6.45, 7) is 5.51. The number of nitrogens with zero attached hydrogens (tertiary/aromatic N) is 2. The highest BCUT2D eigenvalue weighted by Crippen LogP contribution is 2.13. The van der Waals surface area contributed by atoms with Gasteiger partial charge in [0.25, 0.3) is 0 Å². The average Bonchev–Trinajstić information content (AvgIpc) is 2.56. The SMILES string of the molecule is CC(C)n1ccc(CC2CCCCCN2)n1. The molecule has 3 nitrogen and oxygen atoms in total. The topological polar surface area (TPSA) is 29.9 Å². The zero-order valence-electron chi connectivity index (χ0n) is 10.4. The van der Waals surface area contributed by atoms with Gasteiger partial charge in [-0.3, -0.25) is 4.68 Å². The highest BCUT2D eigenvalue weighted by atomic mass is 15.3. The molecule has 3 heteroatoms. The Labute approximate surface area is 98.2 Å². The van der Waals surface area contributed by atoms with E-state index in [9.17, 15) is 0 Å². The van der Waals surface area contributed by atoms with Crippen molar-refractivity contribution in [1.82, 2.24) is 15.1 Å². The second-order valence-electron chi connectivity index (χ2n) is 5.09. The summed E-state index contributed by atoms with van der Waals surface area (Å²) in [5.74, 6) is 0. The van der Waals surface area contributed by atoms with Crippen LogP contribution in [-0.4, -0.2) is 22.4 Å². The summed E-state index contributed by atoms with van der Waals surface area (Å²) in [6.07, 6.45) is 8.55. The Morgan fingerprint density at radius 2 is 2.31 bits per heavy atom. The van der Waals surface area contributed by atoms with Crippen LogP contribution in [0.15, 0.2) is 12.3 Å². The van der Waals surface area contributed by atoms with Crippen molar-refractivity contribution in [3.63, 3.8) is 0 Å². The molecule has 0 bridgehead atoms. The van der Waals surface area contributed by atoms with Gasteiger partial charge < -0.3 is 5.32 Å². The van der Waals surface area contributed by atoms with Crippen LogP contribution in [0.4, 0.5) is 0 Å². The molecule has 90 valence electrons. The minimum absolute atomic E-state index is 0.468. The van der Waals surface area contributed by atoms with Crippen LogP contribution in [0.25, 0.3) is 0 Å². The van der Waals surface area contributed by atoms with Crippen molar-refractivity contribution >= 4 is 0 Å². The molecule has 1 fully saturated rings. The van der Waals surface area contributed by atoms with Gasteiger partial charge in [-0.15, -0.1) is 0 Å². The third-order valence-electron chi connectivity index (χ3n) is 3.31. The van der Waals surface area contributed by atoms with Gasteiger partial charge in [0.1, 0.15) is 0 Å². The maximum Gasteiger partial charge on any atom is 0.0640 e. The van der Waals surface area contributed by atoms with Crippen LogP contribution < -0.4 is 5.32 Å². The van der Waals surface area contributed by atoms with Crippen molar-refractivity contribution in [3.8, 4) is 0 Å². The Morgan fingerprint density at radius 1 is 1.44 bits per heavy atom. The zero-order valence-corrected chi connectivity index (χ0v) is 10.4. The highest BCUT2D eigenvalue weighted by Gasteiger charge is 2.13. The second kappa shape index (κ2) is 5.48. The molecule has 2 heterocycles. The molecule has 0 amide bonds. The summed E-state index contributed by atoms with van der Waals surface area (Å²) in [6, 6.07) is 3.26. The predicted molar refractivity (Wildman–Crippen MR) is 66.6 cm³/mol. The Balaban J connectivity index is 1.91. The molecule has 16 heavy (non-hydrogen) atoms. The molecular formula is C13H23N3. The van der Waals surface area contributed by atoms with E-state index in [4.69, 9.17) is 0 Å². The lowest BCUT2D eigenvalue weighted by atomic mass is 10.1. The normalized spacial score (nSPS) is 22.3. The minimum Gasteiger partial charge on any atom is -0.314 e. The Bertz CT molecular complexity index is 309. The van der Waals surface area contributed by atoms with E-state index in [-0.39, 0.29) is 0 Å². The van der Waals surface area contributed by atoms with Gasteiger partial charge in [0.2, 0.25) is 0 Å². The Hall–Kier alpha value is -0.830. The van der Waals surface area contributed by atoms with Crippen LogP contribution in [0.1, 0.15) is 51.3 Å². The molecule has 1 aliphatic heterocycles. The summed E-state index contributed by atoms with van der Waals surface area (Å²) >= 11 is 0. The van der Waals surface area contributed by atoms with Crippen LogP contribution in [0, 0.1) is 0 Å². The smallest absolute Gasteiger partial charge is 0.0640 e. The van der Waals surface area contributed by atoms with Crippen molar-refractivity contribution in [1.29, 1.82) is 0 Å². The maximum absolute atomic E-state index is 4.61. The molecule has 0 saturated carbocycles. The van der Waals surface area contributed by atoms with Gasteiger partial charge in [0.05, 0.1) is 5.69 Å². The third-order valence-corrected chi connectivity index (χ3v) is 3.31. The monoisotopic (exact) mass is 221 g/mol. The van der Waals surface area contributed by atoms with Crippen molar-refractivity contribution in [2.45, 2.75) is 58.0 Å². The standard InChI is InChI=1S/C13H23N3/c1-11(2)16-9-7-13(15-16)10-12-6-4-3-5-8-14-12/h7,9,11-12,14H,3-6,8,10H2,1-2H3. The predicted octanol–water partition coefficient (Wildman–Crippen LogP) is 2.54. The average molecular weight is 221 g/mol. The molecule has 1 unspecified atom stereocenters. The van der Waals surface area contributed by atoms with Crippen LogP contribution in [0.2, 0.25) is 0 Å². The summed E-state index contributed by atoms with van der Waals surface area (Å²) in [4.78, 5) is 0. The summed E-state index contributed by atoms with van der Waals surface area (Å²) < 4.78 is 2.05. The number of hydrogen-bond donors (Lipinski definition) is 1. The molecule has 1 saturated heterocycles. The number of rotatable bonds is 3. The molecule has 2 rings (SSSR count). The van der Waals surface area contributed by atoms with E-state index in [0.717, 1.165) is 6.42 Å². The molecule has 1 atom stereocenters. The van der Waals surface area contributed by atoms with Crippen molar-refractivity contribution in [2.75, 3.05) is 6.54 Å². The lowest BCUT2D eigenvalue weighted by Crippen LogP contribution is -2.30. The van der Waals surface area contributed by atoms with E-state index >= 15 is 0 Å². The van der Waals surface area contributed by atoms with Crippen LogP contribution >= 0.6 is 0 Å². The second-order valence-corrected chi connectivity index (χ2v) is 5.09. The van der Waals surface area contributed by atoms with Crippen LogP contribution in [0.3, 0.4) is 0 Å². The summed E-state index contributed by atoms with van der Waals surface area (Å²) in [5.41, 5.74) is 1.23. The zero-order chi connectivity index (χ0) is 11.4. The van der Waals surface area contributed by atoms with E-state index in [2.05, 4.69) is 36.5 Å². The fourth-order valence-corrected chi connectivity index (χ4v) is 2.30. The van der Waals surface area contributed by atoms with Gasteiger partial charge in [-0.25, -0.2) is 0 Å². The van der Waals surface area contributed by atoms with E-state index < -0.39 is 0 Å². The third kappa shape index (κ3) is 3.08. The molecule has 1 N–H and O–H groups in total. The molecule has 0 aromatic carbocycles. The number of aromatic nitrogens is 2. The molecule has 1 aromatic rings. The van der Waals surface area contributed by atoms with Crippen molar-refractivity contribution < 1.29 is 0 Å². The number of hydrogen-bond acceptors (Lipinski definition) is 2. The van der Waals surface area contributed by atoms with E-state index in [0.29, 0.717) is 12.1 Å². The van der Waals surface area contributed by atoms with Gasteiger partial charge in [-0.1, -0.05) is 12.8 Å². The molecule has 0 spiro atoms. The maximum atomic E-state index is 4.61. The molecule has 0 radical (unpaired) electrons. The van der Waals surface area contributed by atoms with Crippen molar-refractivity contribution in [2.24, 2.45) is 0 Å². The van der Waals surface area contributed by atoms with Gasteiger partial charge in [0, 0.05) is 24.7 Å².